The lowest BCUT2D eigenvalue weighted by molar-refractivity contribution is -0.274. The van der Waals surface area contributed by atoms with E-state index in [1.807, 2.05) is 20.8 Å². The van der Waals surface area contributed by atoms with Crippen LogP contribution in [0.5, 0.6) is 11.5 Å². The average molecular weight is 457 g/mol. The van der Waals surface area contributed by atoms with Crippen molar-refractivity contribution < 1.29 is 27.8 Å². The number of anilines is 1. The van der Waals surface area contributed by atoms with Gasteiger partial charge in [0.25, 0.3) is 5.91 Å². The Hall–Kier alpha value is -2.73. The number of phenols is 1. The number of nitriles is 1. The fourth-order valence-corrected chi connectivity index (χ4v) is 2.90. The van der Waals surface area contributed by atoms with Crippen LogP contribution in [0.1, 0.15) is 42.3 Å². The molecule has 0 aromatic heterocycles. The molecule has 0 bridgehead atoms. The number of ether oxygens (including phenoxy) is 1. The molecule has 148 valence electrons. The minimum absolute atomic E-state index is 0.0717. The maximum Gasteiger partial charge on any atom is 0.573 e. The summed E-state index contributed by atoms with van der Waals surface area (Å²) in [4.78, 5) is 12.6. The molecule has 0 aliphatic carbocycles. The van der Waals surface area contributed by atoms with Gasteiger partial charge in [-0.3, -0.25) is 4.79 Å². The first-order valence-electron chi connectivity index (χ1n) is 7.96. The van der Waals surface area contributed by atoms with Gasteiger partial charge in [0.05, 0.1) is 22.9 Å². The van der Waals surface area contributed by atoms with Gasteiger partial charge < -0.3 is 15.2 Å². The number of nitrogens with one attached hydrogen (secondary N) is 1. The molecule has 2 aromatic carbocycles. The third-order valence-electron chi connectivity index (χ3n) is 3.71. The van der Waals surface area contributed by atoms with Crippen LogP contribution >= 0.6 is 15.9 Å². The molecule has 0 radical (unpaired) electrons. The SMILES string of the molecule is CC(C)(C)c1cc(Br)cc(C(=O)Nc2ccc(C#N)cc2OC(F)(F)F)c1O. The minimum Gasteiger partial charge on any atom is -0.507 e. The molecule has 0 fully saturated rings. The van der Waals surface area contributed by atoms with Crippen LogP contribution < -0.4 is 10.1 Å². The van der Waals surface area contributed by atoms with Gasteiger partial charge in [0.2, 0.25) is 0 Å². The van der Waals surface area contributed by atoms with Crippen LogP contribution in [0.25, 0.3) is 0 Å². The van der Waals surface area contributed by atoms with Crippen molar-refractivity contribution in [3.63, 3.8) is 0 Å². The van der Waals surface area contributed by atoms with E-state index in [0.29, 0.717) is 10.0 Å². The van der Waals surface area contributed by atoms with Crippen molar-refractivity contribution >= 4 is 27.5 Å². The van der Waals surface area contributed by atoms with Gasteiger partial charge in [0.1, 0.15) is 5.75 Å². The molecule has 2 rings (SSSR count). The van der Waals surface area contributed by atoms with E-state index in [2.05, 4.69) is 26.0 Å². The van der Waals surface area contributed by atoms with Gasteiger partial charge in [-0.25, -0.2) is 0 Å². The third kappa shape index (κ3) is 5.16. The van der Waals surface area contributed by atoms with E-state index < -0.39 is 23.4 Å². The Balaban J connectivity index is 2.46. The number of alkyl halides is 3. The average Bonchev–Trinajstić information content (AvgIpc) is 2.55. The summed E-state index contributed by atoms with van der Waals surface area (Å²) in [6.07, 6.45) is -5.01. The zero-order valence-corrected chi connectivity index (χ0v) is 16.7. The third-order valence-corrected chi connectivity index (χ3v) is 4.17. The van der Waals surface area contributed by atoms with Gasteiger partial charge in [-0.1, -0.05) is 36.7 Å². The summed E-state index contributed by atoms with van der Waals surface area (Å²) in [5.41, 5.74) is -0.488. The number of hydrogen-bond donors (Lipinski definition) is 2. The molecule has 0 unspecified atom stereocenters. The van der Waals surface area contributed by atoms with Crippen LogP contribution in [0.3, 0.4) is 0 Å². The zero-order valence-electron chi connectivity index (χ0n) is 15.1. The lowest BCUT2D eigenvalue weighted by Gasteiger charge is -2.22. The lowest BCUT2D eigenvalue weighted by atomic mass is 9.85. The first-order chi connectivity index (χ1) is 12.8. The van der Waals surface area contributed by atoms with Crippen molar-refractivity contribution in [3.05, 3.63) is 51.5 Å². The molecule has 1 amide bonds. The second kappa shape index (κ2) is 7.72. The van der Waals surface area contributed by atoms with Crippen molar-refractivity contribution in [2.45, 2.75) is 32.5 Å². The topological polar surface area (TPSA) is 82.4 Å². The molecular formula is C19H16BrF3N2O3. The first kappa shape index (κ1) is 21.6. The number of carbonyl (C=O) groups excluding carboxylic acids is 1. The number of halogens is 4. The number of rotatable bonds is 3. The second-order valence-electron chi connectivity index (χ2n) is 6.92. The number of carbonyl (C=O) groups is 1. The highest BCUT2D eigenvalue weighted by atomic mass is 79.9. The molecule has 0 atom stereocenters. The van der Waals surface area contributed by atoms with E-state index in [1.54, 1.807) is 12.1 Å². The van der Waals surface area contributed by atoms with E-state index in [1.165, 1.54) is 12.1 Å². The van der Waals surface area contributed by atoms with E-state index in [4.69, 9.17) is 5.26 Å². The Bertz CT molecular complexity index is 961. The van der Waals surface area contributed by atoms with Crippen molar-refractivity contribution in [2.24, 2.45) is 0 Å². The number of benzene rings is 2. The monoisotopic (exact) mass is 456 g/mol. The van der Waals surface area contributed by atoms with Crippen LogP contribution in [-0.2, 0) is 5.41 Å². The van der Waals surface area contributed by atoms with E-state index in [-0.39, 0.29) is 22.6 Å². The molecule has 28 heavy (non-hydrogen) atoms. The van der Waals surface area contributed by atoms with Gasteiger partial charge in [-0.2, -0.15) is 5.26 Å². The molecule has 2 N–H and O–H groups in total. The van der Waals surface area contributed by atoms with Crippen molar-refractivity contribution in [1.29, 1.82) is 5.26 Å². The Morgan fingerprint density at radius 1 is 1.21 bits per heavy atom. The fourth-order valence-electron chi connectivity index (χ4n) is 2.44. The zero-order chi connectivity index (χ0) is 21.3. The Labute approximate surface area is 167 Å². The van der Waals surface area contributed by atoms with Crippen LogP contribution in [0.15, 0.2) is 34.8 Å². The summed E-state index contributed by atoms with van der Waals surface area (Å²) < 4.78 is 42.4. The molecule has 2 aromatic rings. The smallest absolute Gasteiger partial charge is 0.507 e. The van der Waals surface area contributed by atoms with Gasteiger partial charge in [-0.05, 0) is 29.7 Å². The molecule has 0 saturated heterocycles. The molecule has 0 saturated carbocycles. The Morgan fingerprint density at radius 2 is 1.86 bits per heavy atom. The number of nitrogens with zero attached hydrogens (tertiary/aromatic N) is 1. The first-order valence-corrected chi connectivity index (χ1v) is 8.75. The van der Waals surface area contributed by atoms with Crippen LogP contribution in [-0.4, -0.2) is 17.4 Å². The largest absolute Gasteiger partial charge is 0.573 e. The van der Waals surface area contributed by atoms with Gasteiger partial charge >= 0.3 is 6.36 Å². The Morgan fingerprint density at radius 3 is 2.39 bits per heavy atom. The van der Waals surface area contributed by atoms with Crippen LogP contribution in [0, 0.1) is 11.3 Å². The van der Waals surface area contributed by atoms with Crippen LogP contribution in [0.4, 0.5) is 18.9 Å². The number of aromatic hydroxyl groups is 1. The second-order valence-corrected chi connectivity index (χ2v) is 7.84. The van der Waals surface area contributed by atoms with E-state index in [9.17, 15) is 23.1 Å². The van der Waals surface area contributed by atoms with Crippen molar-refractivity contribution in [2.75, 3.05) is 5.32 Å². The summed E-state index contributed by atoms with van der Waals surface area (Å²) in [5.74, 6) is -1.84. The molecular weight excluding hydrogens is 441 g/mol. The van der Waals surface area contributed by atoms with Gasteiger partial charge in [-0.15, -0.1) is 13.2 Å². The number of amides is 1. The lowest BCUT2D eigenvalue weighted by Crippen LogP contribution is -2.20. The summed E-state index contributed by atoms with van der Waals surface area (Å²) in [7, 11) is 0. The molecule has 9 heteroatoms. The summed E-state index contributed by atoms with van der Waals surface area (Å²) >= 11 is 3.27. The molecule has 0 heterocycles. The number of hydrogen-bond acceptors (Lipinski definition) is 4. The quantitative estimate of drug-likeness (QED) is 0.640. The molecule has 5 nitrogen and oxygen atoms in total. The maximum atomic E-state index is 12.7. The van der Waals surface area contributed by atoms with Crippen molar-refractivity contribution in [1.82, 2.24) is 0 Å². The van der Waals surface area contributed by atoms with E-state index >= 15 is 0 Å². The van der Waals surface area contributed by atoms with Crippen molar-refractivity contribution in [3.8, 4) is 17.6 Å². The standard InChI is InChI=1S/C19H16BrF3N2O3/c1-18(2,3)13-8-11(20)7-12(16(13)26)17(27)25-14-5-4-10(9-24)6-15(14)28-19(21,22)23/h4-8,26H,1-3H3,(H,25,27). The molecule has 0 aliphatic rings. The van der Waals surface area contributed by atoms with Gasteiger partial charge in [0, 0.05) is 16.1 Å². The molecule has 0 spiro atoms. The highest BCUT2D eigenvalue weighted by Crippen LogP contribution is 2.37. The predicted octanol–water partition coefficient (Wildman–Crippen LogP) is 5.47. The number of phenolic OH excluding ortho intramolecular Hbond substituents is 1. The Kier molecular flexibility index (Phi) is 5.94. The highest BCUT2D eigenvalue weighted by molar-refractivity contribution is 9.10. The fraction of sp³-hybridized carbons (Fsp3) is 0.263. The van der Waals surface area contributed by atoms with Crippen LogP contribution in [0.2, 0.25) is 0 Å². The molecule has 0 aliphatic heterocycles. The normalized spacial score (nSPS) is 11.6. The maximum absolute atomic E-state index is 12.7. The summed E-state index contributed by atoms with van der Waals surface area (Å²) in [5, 5.41) is 21.7. The predicted molar refractivity (Wildman–Crippen MR) is 100 cm³/mol. The minimum atomic E-state index is -5.01. The summed E-state index contributed by atoms with van der Waals surface area (Å²) in [6, 6.07) is 7.94. The van der Waals surface area contributed by atoms with Gasteiger partial charge in [0.15, 0.2) is 5.75 Å². The van der Waals surface area contributed by atoms with E-state index in [0.717, 1.165) is 12.1 Å². The summed E-state index contributed by atoms with van der Waals surface area (Å²) in [6.45, 7) is 5.52. The highest BCUT2D eigenvalue weighted by Gasteiger charge is 2.33.